The van der Waals surface area contributed by atoms with Crippen LogP contribution in [0.5, 0.6) is 0 Å². The summed E-state index contributed by atoms with van der Waals surface area (Å²) >= 11 is 6.04. The van der Waals surface area contributed by atoms with E-state index in [1.54, 1.807) is 18.2 Å². The molecule has 1 heterocycles. The highest BCUT2D eigenvalue weighted by molar-refractivity contribution is 6.31. The van der Waals surface area contributed by atoms with Gasteiger partial charge in [-0.3, -0.25) is 0 Å². The van der Waals surface area contributed by atoms with Crippen molar-refractivity contribution >= 4 is 28.6 Å². The predicted molar refractivity (Wildman–Crippen MR) is 86.0 cm³/mol. The van der Waals surface area contributed by atoms with Crippen molar-refractivity contribution in [1.82, 2.24) is 9.71 Å². The van der Waals surface area contributed by atoms with E-state index in [1.165, 1.54) is 11.7 Å². The number of fused-ring (bicyclic) bond motifs is 1. The Morgan fingerprint density at radius 3 is 2.61 bits per heavy atom. The van der Waals surface area contributed by atoms with E-state index in [9.17, 15) is 9.90 Å². The standard InChI is InChI=1S/C17H15ClN2O3/c1-10-3-5-12(6-4-10)16-19-14-8-7-13(18)9-15(14)20(16)23-11(2)17(21)22/h3-9,11H,1-2H3,(H,21,22)/p-1/t11-/m0/s1. The number of benzene rings is 2. The van der Waals surface area contributed by atoms with E-state index >= 15 is 0 Å². The van der Waals surface area contributed by atoms with Gasteiger partial charge in [-0.25, -0.2) is 4.98 Å². The zero-order chi connectivity index (χ0) is 16.6. The maximum absolute atomic E-state index is 11.0. The van der Waals surface area contributed by atoms with E-state index in [0.29, 0.717) is 21.9 Å². The number of hydrogen-bond acceptors (Lipinski definition) is 4. The fourth-order valence-electron chi connectivity index (χ4n) is 2.22. The van der Waals surface area contributed by atoms with Crippen LogP contribution in [0.4, 0.5) is 0 Å². The Labute approximate surface area is 138 Å². The molecule has 2 aromatic carbocycles. The molecule has 0 fully saturated rings. The molecule has 0 radical (unpaired) electrons. The Bertz CT molecular complexity index is 871. The van der Waals surface area contributed by atoms with Crippen LogP contribution in [-0.4, -0.2) is 21.8 Å². The van der Waals surface area contributed by atoms with Crippen molar-refractivity contribution in [1.29, 1.82) is 0 Å². The molecule has 23 heavy (non-hydrogen) atoms. The Kier molecular flexibility index (Phi) is 3.96. The lowest BCUT2D eigenvalue weighted by Crippen LogP contribution is -2.40. The third kappa shape index (κ3) is 3.00. The van der Waals surface area contributed by atoms with Gasteiger partial charge in [0.05, 0.1) is 11.5 Å². The van der Waals surface area contributed by atoms with E-state index in [0.717, 1.165) is 11.1 Å². The molecule has 0 N–H and O–H groups in total. The number of aryl methyl sites for hydroxylation is 1. The van der Waals surface area contributed by atoms with Gasteiger partial charge in [-0.1, -0.05) is 41.4 Å². The molecule has 0 amide bonds. The van der Waals surface area contributed by atoms with Crippen molar-refractivity contribution in [3.05, 3.63) is 53.1 Å². The molecule has 0 saturated carbocycles. The lowest BCUT2D eigenvalue weighted by atomic mass is 10.1. The van der Waals surface area contributed by atoms with Crippen LogP contribution >= 0.6 is 11.6 Å². The van der Waals surface area contributed by atoms with Crippen LogP contribution in [0.15, 0.2) is 42.5 Å². The summed E-state index contributed by atoms with van der Waals surface area (Å²) in [5, 5.41) is 11.5. The lowest BCUT2D eigenvalue weighted by Gasteiger charge is -2.18. The van der Waals surface area contributed by atoms with Crippen molar-refractivity contribution in [2.75, 3.05) is 0 Å². The average Bonchev–Trinajstić information content (AvgIpc) is 2.86. The fourth-order valence-corrected chi connectivity index (χ4v) is 2.39. The molecule has 5 nitrogen and oxygen atoms in total. The maximum Gasteiger partial charge on any atom is 0.176 e. The van der Waals surface area contributed by atoms with Gasteiger partial charge < -0.3 is 14.7 Å². The summed E-state index contributed by atoms with van der Waals surface area (Å²) < 4.78 is 1.40. The van der Waals surface area contributed by atoms with Crippen LogP contribution in [0.1, 0.15) is 12.5 Å². The number of hydrogen-bond donors (Lipinski definition) is 0. The molecule has 0 saturated heterocycles. The van der Waals surface area contributed by atoms with Gasteiger partial charge in [-0.2, -0.15) is 4.73 Å². The van der Waals surface area contributed by atoms with Gasteiger partial charge >= 0.3 is 0 Å². The highest BCUT2D eigenvalue weighted by atomic mass is 35.5. The summed E-state index contributed by atoms with van der Waals surface area (Å²) in [5.74, 6) is -0.792. The average molecular weight is 330 g/mol. The van der Waals surface area contributed by atoms with Gasteiger partial charge in [0.15, 0.2) is 11.9 Å². The van der Waals surface area contributed by atoms with Crippen LogP contribution in [0.3, 0.4) is 0 Å². The van der Waals surface area contributed by atoms with Crippen LogP contribution in [0.25, 0.3) is 22.4 Å². The second kappa shape index (κ2) is 5.93. The predicted octanol–water partition coefficient (Wildman–Crippen LogP) is 2.23. The highest BCUT2D eigenvalue weighted by Crippen LogP contribution is 2.26. The van der Waals surface area contributed by atoms with Gasteiger partial charge in [0.2, 0.25) is 0 Å². The number of aromatic nitrogens is 2. The van der Waals surface area contributed by atoms with Crippen LogP contribution in [0, 0.1) is 6.92 Å². The number of rotatable bonds is 4. The third-order valence-corrected chi connectivity index (χ3v) is 3.72. The first kappa shape index (κ1) is 15.4. The number of carboxylic acid groups (broad SMARTS) is 1. The molecule has 0 unspecified atom stereocenters. The first-order chi connectivity index (χ1) is 11.0. The zero-order valence-corrected chi connectivity index (χ0v) is 13.4. The summed E-state index contributed by atoms with van der Waals surface area (Å²) in [6, 6.07) is 12.9. The molecule has 0 aliphatic carbocycles. The van der Waals surface area contributed by atoms with E-state index in [4.69, 9.17) is 16.4 Å². The number of carbonyl (C=O) groups is 1. The third-order valence-electron chi connectivity index (χ3n) is 3.48. The van der Waals surface area contributed by atoms with Crippen molar-refractivity contribution in [3.63, 3.8) is 0 Å². The minimum absolute atomic E-state index is 0.510. The minimum Gasteiger partial charge on any atom is -0.546 e. The number of nitrogens with zero attached hydrogens (tertiary/aromatic N) is 2. The molecule has 0 bridgehead atoms. The normalized spacial score (nSPS) is 12.3. The van der Waals surface area contributed by atoms with E-state index in [2.05, 4.69) is 4.98 Å². The second-order valence-corrected chi connectivity index (χ2v) is 5.73. The number of carbonyl (C=O) groups excluding carboxylic acids is 1. The topological polar surface area (TPSA) is 67.2 Å². The van der Waals surface area contributed by atoms with Crippen LogP contribution < -0.4 is 9.94 Å². The van der Waals surface area contributed by atoms with Crippen molar-refractivity contribution in [2.45, 2.75) is 20.0 Å². The molecule has 1 aromatic heterocycles. The molecule has 0 spiro atoms. The smallest absolute Gasteiger partial charge is 0.176 e. The van der Waals surface area contributed by atoms with Crippen LogP contribution in [0.2, 0.25) is 5.02 Å². The Balaban J connectivity index is 2.19. The first-order valence-corrected chi connectivity index (χ1v) is 7.46. The summed E-state index contributed by atoms with van der Waals surface area (Å²) in [5.41, 5.74) is 3.19. The monoisotopic (exact) mass is 329 g/mol. The lowest BCUT2D eigenvalue weighted by molar-refractivity contribution is -0.315. The molecule has 0 aliphatic heterocycles. The SMILES string of the molecule is Cc1ccc(-c2nc3ccc(Cl)cc3n2O[C@@H](C)C(=O)[O-])cc1. The van der Waals surface area contributed by atoms with Gasteiger partial charge in [0, 0.05) is 10.6 Å². The molecule has 3 rings (SSSR count). The van der Waals surface area contributed by atoms with E-state index < -0.39 is 12.1 Å². The van der Waals surface area contributed by atoms with Gasteiger partial charge in [-0.05, 0) is 32.0 Å². The summed E-state index contributed by atoms with van der Waals surface area (Å²) in [7, 11) is 0. The molecule has 0 aliphatic rings. The Morgan fingerprint density at radius 1 is 1.26 bits per heavy atom. The molecule has 3 aromatic rings. The van der Waals surface area contributed by atoms with Crippen molar-refractivity contribution in [2.24, 2.45) is 0 Å². The van der Waals surface area contributed by atoms with E-state index in [-0.39, 0.29) is 0 Å². The number of imidazole rings is 1. The fraction of sp³-hybridized carbons (Fsp3) is 0.176. The molecular formula is C17H14ClN2O3-. The summed E-state index contributed by atoms with van der Waals surface area (Å²) in [4.78, 5) is 21.1. The second-order valence-electron chi connectivity index (χ2n) is 5.30. The highest BCUT2D eigenvalue weighted by Gasteiger charge is 2.17. The van der Waals surface area contributed by atoms with Gasteiger partial charge in [-0.15, -0.1) is 0 Å². The van der Waals surface area contributed by atoms with Crippen molar-refractivity contribution in [3.8, 4) is 11.4 Å². The maximum atomic E-state index is 11.0. The number of aliphatic carboxylic acids is 1. The molecule has 118 valence electrons. The zero-order valence-electron chi connectivity index (χ0n) is 12.6. The largest absolute Gasteiger partial charge is 0.546 e. The van der Waals surface area contributed by atoms with Gasteiger partial charge in [0.1, 0.15) is 5.52 Å². The minimum atomic E-state index is -1.30. The molecular weight excluding hydrogens is 316 g/mol. The van der Waals surface area contributed by atoms with Crippen LogP contribution in [-0.2, 0) is 4.79 Å². The van der Waals surface area contributed by atoms with E-state index in [1.807, 2.05) is 31.2 Å². The quantitative estimate of drug-likeness (QED) is 0.736. The molecule has 6 heteroatoms. The Hall–Kier alpha value is -2.53. The number of carboxylic acids is 1. The van der Waals surface area contributed by atoms with Gasteiger partial charge in [0.25, 0.3) is 0 Å². The summed E-state index contributed by atoms with van der Waals surface area (Å²) in [6.07, 6.45) is -1.13. The molecule has 1 atom stereocenters. The number of halogens is 1. The van der Waals surface area contributed by atoms with Crippen molar-refractivity contribution < 1.29 is 14.7 Å². The first-order valence-electron chi connectivity index (χ1n) is 7.09. The Morgan fingerprint density at radius 2 is 1.96 bits per heavy atom. The summed E-state index contributed by atoms with van der Waals surface area (Å²) in [6.45, 7) is 3.39.